The molecule has 3 rings (SSSR count). The van der Waals surface area contributed by atoms with Gasteiger partial charge in [0, 0.05) is 12.0 Å². The highest BCUT2D eigenvalue weighted by Gasteiger charge is 2.44. The molecule has 4 heteroatoms. The summed E-state index contributed by atoms with van der Waals surface area (Å²) in [6.45, 7) is 4.65. The van der Waals surface area contributed by atoms with E-state index < -0.39 is 10.0 Å². The Labute approximate surface area is 138 Å². The SMILES string of the molecule is CC(C)c1ccc(S(=O)(=O)NCC2(c3ccccc3)CC2)cc1. The molecule has 0 atom stereocenters. The molecule has 3 nitrogen and oxygen atoms in total. The molecule has 122 valence electrons. The van der Waals surface area contributed by atoms with E-state index in [2.05, 4.69) is 30.7 Å². The number of rotatable bonds is 6. The van der Waals surface area contributed by atoms with Gasteiger partial charge in [-0.3, -0.25) is 0 Å². The Morgan fingerprint density at radius 1 is 1.00 bits per heavy atom. The summed E-state index contributed by atoms with van der Waals surface area (Å²) in [4.78, 5) is 0.339. The third-order valence-electron chi connectivity index (χ3n) is 4.70. The van der Waals surface area contributed by atoms with Crippen LogP contribution in [0.1, 0.15) is 43.7 Å². The molecule has 0 aliphatic heterocycles. The summed E-state index contributed by atoms with van der Waals surface area (Å²) >= 11 is 0. The first-order valence-electron chi connectivity index (χ1n) is 8.08. The van der Waals surface area contributed by atoms with Crippen LogP contribution in [0.5, 0.6) is 0 Å². The van der Waals surface area contributed by atoms with E-state index in [9.17, 15) is 8.42 Å². The minimum Gasteiger partial charge on any atom is -0.210 e. The van der Waals surface area contributed by atoms with Gasteiger partial charge in [0.05, 0.1) is 4.90 Å². The van der Waals surface area contributed by atoms with E-state index in [0.29, 0.717) is 17.4 Å². The van der Waals surface area contributed by atoms with Crippen molar-refractivity contribution in [3.8, 4) is 0 Å². The van der Waals surface area contributed by atoms with Crippen LogP contribution in [0.25, 0.3) is 0 Å². The van der Waals surface area contributed by atoms with Gasteiger partial charge in [-0.15, -0.1) is 0 Å². The van der Waals surface area contributed by atoms with Crippen LogP contribution in [-0.4, -0.2) is 15.0 Å². The molecule has 23 heavy (non-hydrogen) atoms. The number of benzene rings is 2. The first-order chi connectivity index (χ1) is 10.9. The molecule has 0 saturated heterocycles. The summed E-state index contributed by atoms with van der Waals surface area (Å²) in [7, 11) is -3.45. The Kier molecular flexibility index (Phi) is 4.30. The molecule has 0 amide bonds. The topological polar surface area (TPSA) is 46.2 Å². The summed E-state index contributed by atoms with van der Waals surface area (Å²) in [6.07, 6.45) is 2.07. The lowest BCUT2D eigenvalue weighted by Crippen LogP contribution is -2.32. The maximum Gasteiger partial charge on any atom is 0.240 e. The van der Waals surface area contributed by atoms with Crippen molar-refractivity contribution in [2.45, 2.75) is 42.9 Å². The molecule has 0 unspecified atom stereocenters. The van der Waals surface area contributed by atoms with E-state index in [4.69, 9.17) is 0 Å². The zero-order chi connectivity index (χ0) is 16.5. The second-order valence-electron chi connectivity index (χ2n) is 6.69. The largest absolute Gasteiger partial charge is 0.240 e. The van der Waals surface area contributed by atoms with Crippen LogP contribution in [0.3, 0.4) is 0 Å². The Morgan fingerprint density at radius 2 is 1.61 bits per heavy atom. The van der Waals surface area contributed by atoms with E-state index >= 15 is 0 Å². The maximum atomic E-state index is 12.5. The molecular weight excluding hydrogens is 306 g/mol. The van der Waals surface area contributed by atoms with Crippen LogP contribution >= 0.6 is 0 Å². The molecule has 1 fully saturated rings. The van der Waals surface area contributed by atoms with Gasteiger partial charge in [0.2, 0.25) is 10.0 Å². The predicted octanol–water partition coefficient (Wildman–Crippen LogP) is 3.82. The third-order valence-corrected chi connectivity index (χ3v) is 6.11. The number of hydrogen-bond acceptors (Lipinski definition) is 2. The van der Waals surface area contributed by atoms with Crippen molar-refractivity contribution in [2.24, 2.45) is 0 Å². The van der Waals surface area contributed by atoms with Gasteiger partial charge >= 0.3 is 0 Å². The molecule has 1 aliphatic carbocycles. The second-order valence-corrected chi connectivity index (χ2v) is 8.46. The molecule has 0 bridgehead atoms. The Bertz CT molecular complexity index is 761. The van der Waals surface area contributed by atoms with Gasteiger partial charge < -0.3 is 0 Å². The van der Waals surface area contributed by atoms with Crippen molar-refractivity contribution in [1.29, 1.82) is 0 Å². The van der Waals surface area contributed by atoms with Gasteiger partial charge in [0.1, 0.15) is 0 Å². The lowest BCUT2D eigenvalue weighted by Gasteiger charge is -2.17. The maximum absolute atomic E-state index is 12.5. The van der Waals surface area contributed by atoms with Crippen LogP contribution in [0.4, 0.5) is 0 Å². The first kappa shape index (κ1) is 16.2. The van der Waals surface area contributed by atoms with Crippen LogP contribution in [0.2, 0.25) is 0 Å². The molecule has 1 N–H and O–H groups in total. The fourth-order valence-corrected chi connectivity index (χ4v) is 3.99. The Morgan fingerprint density at radius 3 is 2.13 bits per heavy atom. The predicted molar refractivity (Wildman–Crippen MR) is 93.1 cm³/mol. The molecule has 1 saturated carbocycles. The fraction of sp³-hybridized carbons (Fsp3) is 0.368. The van der Waals surface area contributed by atoms with Crippen LogP contribution < -0.4 is 4.72 Å². The zero-order valence-corrected chi connectivity index (χ0v) is 14.4. The summed E-state index contributed by atoms with van der Waals surface area (Å²) in [5, 5.41) is 0. The summed E-state index contributed by atoms with van der Waals surface area (Å²) in [5.41, 5.74) is 2.34. The third kappa shape index (κ3) is 3.48. The van der Waals surface area contributed by atoms with Crippen molar-refractivity contribution < 1.29 is 8.42 Å². The highest BCUT2D eigenvalue weighted by molar-refractivity contribution is 7.89. The van der Waals surface area contributed by atoms with Crippen LogP contribution in [0.15, 0.2) is 59.5 Å². The average Bonchev–Trinajstić information content (AvgIpc) is 3.35. The molecular formula is C19H23NO2S. The molecule has 0 heterocycles. The van der Waals surface area contributed by atoms with Crippen molar-refractivity contribution in [2.75, 3.05) is 6.54 Å². The smallest absolute Gasteiger partial charge is 0.210 e. The molecule has 1 aliphatic rings. The van der Waals surface area contributed by atoms with Gasteiger partial charge in [-0.05, 0) is 42.0 Å². The summed E-state index contributed by atoms with van der Waals surface area (Å²) < 4.78 is 27.8. The van der Waals surface area contributed by atoms with Gasteiger partial charge in [0.15, 0.2) is 0 Å². The van der Waals surface area contributed by atoms with Crippen LogP contribution in [-0.2, 0) is 15.4 Å². The van der Waals surface area contributed by atoms with Crippen molar-refractivity contribution in [1.82, 2.24) is 4.72 Å². The first-order valence-corrected chi connectivity index (χ1v) is 9.56. The van der Waals surface area contributed by atoms with E-state index in [-0.39, 0.29) is 5.41 Å². The van der Waals surface area contributed by atoms with E-state index in [1.54, 1.807) is 12.1 Å². The molecule has 2 aromatic rings. The normalized spacial score (nSPS) is 16.5. The lowest BCUT2D eigenvalue weighted by atomic mass is 9.96. The van der Waals surface area contributed by atoms with Gasteiger partial charge in [-0.1, -0.05) is 56.3 Å². The zero-order valence-electron chi connectivity index (χ0n) is 13.6. The van der Waals surface area contributed by atoms with E-state index in [0.717, 1.165) is 18.4 Å². The highest BCUT2D eigenvalue weighted by atomic mass is 32.2. The minimum atomic E-state index is -3.45. The number of nitrogens with one attached hydrogen (secondary N) is 1. The lowest BCUT2D eigenvalue weighted by molar-refractivity contribution is 0.567. The summed E-state index contributed by atoms with van der Waals surface area (Å²) in [6, 6.07) is 17.3. The monoisotopic (exact) mass is 329 g/mol. The molecule has 0 spiro atoms. The van der Waals surface area contributed by atoms with Crippen molar-refractivity contribution in [3.63, 3.8) is 0 Å². The van der Waals surface area contributed by atoms with Crippen molar-refractivity contribution in [3.05, 3.63) is 65.7 Å². The highest BCUT2D eigenvalue weighted by Crippen LogP contribution is 2.47. The van der Waals surface area contributed by atoms with Gasteiger partial charge in [0.25, 0.3) is 0 Å². The minimum absolute atomic E-state index is 0.0216. The van der Waals surface area contributed by atoms with Gasteiger partial charge in [-0.2, -0.15) is 0 Å². The summed E-state index contributed by atoms with van der Waals surface area (Å²) in [5.74, 6) is 0.396. The molecule has 0 aromatic heterocycles. The molecule has 2 aromatic carbocycles. The molecule has 0 radical (unpaired) electrons. The van der Waals surface area contributed by atoms with Crippen LogP contribution in [0, 0.1) is 0 Å². The van der Waals surface area contributed by atoms with Crippen molar-refractivity contribution >= 4 is 10.0 Å². The average molecular weight is 329 g/mol. The quantitative estimate of drug-likeness (QED) is 0.876. The number of sulfonamides is 1. The standard InChI is InChI=1S/C19H23NO2S/c1-15(2)16-8-10-18(11-9-16)23(21,22)20-14-19(12-13-19)17-6-4-3-5-7-17/h3-11,15,20H,12-14H2,1-2H3. The number of hydrogen-bond donors (Lipinski definition) is 1. The Balaban J connectivity index is 1.72. The Hall–Kier alpha value is -1.65. The second kappa shape index (κ2) is 6.10. The van der Waals surface area contributed by atoms with E-state index in [1.807, 2.05) is 30.3 Å². The fourth-order valence-electron chi connectivity index (χ4n) is 2.86. The van der Waals surface area contributed by atoms with E-state index in [1.165, 1.54) is 5.56 Å². The van der Waals surface area contributed by atoms with Gasteiger partial charge in [-0.25, -0.2) is 13.1 Å².